The Bertz CT molecular complexity index is 1850. The smallest absolute Gasteiger partial charge is 0.211 e. The zero-order valence-corrected chi connectivity index (χ0v) is 56.3. The van der Waals surface area contributed by atoms with Crippen molar-refractivity contribution >= 4 is 11.4 Å². The summed E-state index contributed by atoms with van der Waals surface area (Å²) in [5, 5.41) is 0. The van der Waals surface area contributed by atoms with Crippen LogP contribution in [0.5, 0.6) is 0 Å². The van der Waals surface area contributed by atoms with Crippen LogP contribution in [0, 0.1) is 0 Å². The Kier molecular flexibility index (Phi) is 49.6. The first-order valence-electron chi connectivity index (χ1n) is 36.7. The summed E-state index contributed by atoms with van der Waals surface area (Å²) < 4.78 is 1.73. The van der Waals surface area contributed by atoms with Gasteiger partial charge in [-0.3, -0.25) is 0 Å². The van der Waals surface area contributed by atoms with E-state index < -0.39 is 0 Å². The zero-order chi connectivity index (χ0) is 57.2. The van der Waals surface area contributed by atoms with E-state index in [1.54, 1.807) is 4.70 Å². The van der Waals surface area contributed by atoms with Crippen LogP contribution in [0.15, 0.2) is 47.5 Å². The molecule has 0 atom stereocenters. The first kappa shape index (κ1) is 75.1. The number of hydrogen-bond acceptors (Lipinski definition) is 0. The van der Waals surface area contributed by atoms with Crippen molar-refractivity contribution < 1.29 is 21.2 Å². The molecule has 0 saturated carbocycles. The third-order valence-corrected chi connectivity index (χ3v) is 18.3. The first-order chi connectivity index (χ1) is 39.5. The fourth-order valence-electron chi connectivity index (χ4n) is 13.2. The van der Waals surface area contributed by atoms with E-state index in [1.807, 2.05) is 0 Å². The zero-order valence-electron chi connectivity index (χ0n) is 55.3. The third kappa shape index (κ3) is 35.9. The minimum absolute atomic E-state index is 0. The molecule has 0 spiro atoms. The number of allylic oxidation sites excluding steroid dienone is 2. The van der Waals surface area contributed by atoms with E-state index in [0.29, 0.717) is 0 Å². The van der Waals surface area contributed by atoms with Gasteiger partial charge in [0.25, 0.3) is 0 Å². The average Bonchev–Trinajstić information content (AvgIpc) is 3.78. The molecule has 0 radical (unpaired) electrons. The predicted octanol–water partition coefficient (Wildman–Crippen LogP) is 27.4. The van der Waals surface area contributed by atoms with Crippen LogP contribution in [0.2, 0.25) is 0 Å². The summed E-state index contributed by atoms with van der Waals surface area (Å²) in [6, 6.07) is 15.0. The molecule has 0 N–H and O–H groups in total. The molecular formula is C78H136N2Ni. The van der Waals surface area contributed by atoms with Crippen LogP contribution in [0.1, 0.15) is 409 Å². The fourth-order valence-corrected chi connectivity index (χ4v) is 13.2. The molecule has 0 aromatic heterocycles. The topological polar surface area (TPSA) is 25.3 Å². The molecule has 1 heterocycles. The molecule has 1 aliphatic rings. The number of hydrogen-bond donors (Lipinski definition) is 0. The summed E-state index contributed by atoms with van der Waals surface area (Å²) in [7, 11) is 0. The van der Waals surface area contributed by atoms with Gasteiger partial charge in [-0.05, 0) is 124 Å². The Labute approximate surface area is 517 Å². The van der Waals surface area contributed by atoms with Gasteiger partial charge < -0.3 is 5.53 Å². The van der Waals surface area contributed by atoms with Crippen molar-refractivity contribution in [2.75, 3.05) is 0 Å². The molecule has 2 aromatic rings. The summed E-state index contributed by atoms with van der Waals surface area (Å²) >= 11 is 0. The number of unbranched alkanes of at least 4 members (excludes halogenated alkanes) is 44. The van der Waals surface area contributed by atoms with Gasteiger partial charge in [0.05, 0.1) is 0 Å². The Hall–Kier alpha value is -1.99. The van der Waals surface area contributed by atoms with Crippen LogP contribution in [-0.4, -0.2) is 4.70 Å². The van der Waals surface area contributed by atoms with Crippen LogP contribution >= 0.6 is 0 Å². The quantitative estimate of drug-likeness (QED) is 0.0358. The molecule has 3 rings (SSSR count). The van der Waals surface area contributed by atoms with Gasteiger partial charge in [0.1, 0.15) is 0 Å². The molecule has 0 fully saturated rings. The van der Waals surface area contributed by atoms with Crippen molar-refractivity contribution in [2.45, 2.75) is 401 Å². The van der Waals surface area contributed by atoms with Gasteiger partial charge in [-0.25, -0.2) is 4.70 Å². The molecule has 1 aliphatic heterocycles. The van der Waals surface area contributed by atoms with Crippen molar-refractivity contribution in [3.63, 3.8) is 0 Å². The molecular weight excluding hydrogens is 1020 g/mol. The Morgan fingerprint density at radius 1 is 0.222 bits per heavy atom. The van der Waals surface area contributed by atoms with Crippen LogP contribution in [-0.2, 0) is 42.2 Å². The van der Waals surface area contributed by atoms with Crippen molar-refractivity contribution in [1.82, 2.24) is 0 Å². The van der Waals surface area contributed by atoms with Crippen molar-refractivity contribution in [1.29, 1.82) is 0 Å². The van der Waals surface area contributed by atoms with Crippen molar-refractivity contribution in [3.05, 3.63) is 86.5 Å². The van der Waals surface area contributed by atoms with E-state index in [-0.39, 0.29) is 16.5 Å². The summed E-state index contributed by atoms with van der Waals surface area (Å²) in [6.45, 7) is 14.0. The van der Waals surface area contributed by atoms with E-state index in [2.05, 4.69) is 77.9 Å². The molecule has 2 nitrogen and oxygen atoms in total. The van der Waals surface area contributed by atoms with E-state index in [4.69, 9.17) is 0 Å². The predicted molar refractivity (Wildman–Crippen MR) is 359 cm³/mol. The average molecular weight is 1160 g/mol. The van der Waals surface area contributed by atoms with Gasteiger partial charge in [0.2, 0.25) is 11.4 Å². The largest absolute Gasteiger partial charge is 0.493 e. The van der Waals surface area contributed by atoms with Crippen LogP contribution in [0.3, 0.4) is 0 Å². The van der Waals surface area contributed by atoms with Crippen LogP contribution in [0.25, 0.3) is 16.9 Å². The molecule has 0 amide bonds. The number of rotatable bonds is 58. The van der Waals surface area contributed by atoms with E-state index in [0.717, 1.165) is 56.3 Å². The summed E-state index contributed by atoms with van der Waals surface area (Å²) in [4.78, 5) is 0. The van der Waals surface area contributed by atoms with Gasteiger partial charge in [-0.1, -0.05) is 336 Å². The molecule has 468 valence electrons. The fraction of sp³-hybridized carbons (Fsp3) is 0.795. The minimum atomic E-state index is 0. The number of nitrogens with zero attached hydrogens (tertiary/aromatic N) is 2. The summed E-state index contributed by atoms with van der Waals surface area (Å²) in [5.41, 5.74) is 26.5. The van der Waals surface area contributed by atoms with Gasteiger partial charge in [0.15, 0.2) is 0 Å². The van der Waals surface area contributed by atoms with E-state index in [1.165, 1.54) is 359 Å². The second-order valence-corrected chi connectivity index (χ2v) is 26.1. The van der Waals surface area contributed by atoms with Crippen LogP contribution in [0.4, 0.5) is 0 Å². The molecule has 3 heteroatoms. The molecule has 0 aliphatic carbocycles. The normalized spacial score (nSPS) is 12.7. The number of aryl methyl sites for hydroxylation is 4. The SMILES string of the molecule is CCCCCCCCCCCCCCCCCCCCCc1cc(CCCC)cc(C2=C(CCCC)C(CCCCCCCC)=C(c3cc(CCCC)cc(CCCCCCCCCCCCCCCCCCCCC)c3)[N+]2=[N-])c1.[Ni]. The van der Waals surface area contributed by atoms with Crippen LogP contribution < -0.4 is 0 Å². The second-order valence-electron chi connectivity index (χ2n) is 26.1. The van der Waals surface area contributed by atoms with Crippen molar-refractivity contribution in [3.8, 4) is 0 Å². The van der Waals surface area contributed by atoms with E-state index in [9.17, 15) is 5.53 Å². The third-order valence-electron chi connectivity index (χ3n) is 18.3. The first-order valence-corrected chi connectivity index (χ1v) is 36.7. The van der Waals surface area contributed by atoms with Crippen molar-refractivity contribution in [2.24, 2.45) is 0 Å². The second kappa shape index (κ2) is 53.5. The van der Waals surface area contributed by atoms with Gasteiger partial charge >= 0.3 is 0 Å². The van der Waals surface area contributed by atoms with Gasteiger partial charge in [-0.2, -0.15) is 0 Å². The molecule has 0 saturated heterocycles. The van der Waals surface area contributed by atoms with Gasteiger partial charge in [0, 0.05) is 38.8 Å². The standard InChI is InChI=1S/C78H136N2.Ni/c1-7-13-19-22-25-27-29-31-33-35-37-39-41-43-45-47-49-51-54-59-71-63-69(57-16-10-4)65-73(67-71)77-75(61-18-12-6)76(62-56-53-24-21-15-9-3)78(80(77)79)74-66-70(58-17-11-5)64-72(68-74)60-55-52-50-48-46-44-42-40-38-36-34-32-30-28-26-23-20-14-8-2;/h63-68H,7-62H2,1-6H3;. The maximum Gasteiger partial charge on any atom is 0.211 e. The summed E-state index contributed by atoms with van der Waals surface area (Å²) in [6.07, 6.45) is 75.5. The molecule has 0 bridgehead atoms. The molecule has 0 unspecified atom stereocenters. The maximum absolute atomic E-state index is 13.0. The summed E-state index contributed by atoms with van der Waals surface area (Å²) in [5.74, 6) is 0. The maximum atomic E-state index is 13.0. The Balaban J connectivity index is 0.0000224. The molecule has 81 heavy (non-hydrogen) atoms. The van der Waals surface area contributed by atoms with Gasteiger partial charge in [-0.15, -0.1) is 0 Å². The molecule has 2 aromatic carbocycles. The Morgan fingerprint density at radius 2 is 0.395 bits per heavy atom. The monoisotopic (exact) mass is 1160 g/mol. The Morgan fingerprint density at radius 3 is 0.630 bits per heavy atom. The van der Waals surface area contributed by atoms with E-state index >= 15 is 0 Å². The number of benzene rings is 2. The minimum Gasteiger partial charge on any atom is -0.493 e.